The maximum Gasteiger partial charge on any atom is 0.0958 e. The molecular formula is C23H18Cl2N2. The Morgan fingerprint density at radius 1 is 0.815 bits per heavy atom. The molecule has 0 radical (unpaired) electrons. The van der Waals surface area contributed by atoms with E-state index in [4.69, 9.17) is 23.2 Å². The second-order valence-electron chi connectivity index (χ2n) is 6.30. The quantitative estimate of drug-likeness (QED) is 0.533. The Bertz CT molecular complexity index is 982. The summed E-state index contributed by atoms with van der Waals surface area (Å²) in [5, 5.41) is 3.35. The van der Waals surface area contributed by atoms with Gasteiger partial charge in [0.2, 0.25) is 0 Å². The Hall–Kier alpha value is -2.68. The van der Waals surface area contributed by atoms with Crippen molar-refractivity contribution < 1.29 is 0 Å². The van der Waals surface area contributed by atoms with E-state index < -0.39 is 0 Å². The maximum atomic E-state index is 6.47. The third-order valence-corrected chi connectivity index (χ3v) is 4.98. The van der Waals surface area contributed by atoms with Crippen LogP contribution >= 0.6 is 23.2 Å². The largest absolute Gasteiger partial charge is 0.298 e. The molecule has 1 unspecified atom stereocenters. The SMILES string of the molecule is Clc1ccc(Cl)c(N2NC(C=Cc3ccccc3)=CC2c2ccccc2)c1. The molecule has 4 rings (SSSR count). The predicted molar refractivity (Wildman–Crippen MR) is 115 cm³/mol. The zero-order chi connectivity index (χ0) is 18.6. The van der Waals surface area contributed by atoms with Crippen LogP contribution in [0.15, 0.2) is 96.7 Å². The first-order valence-corrected chi connectivity index (χ1v) is 9.47. The van der Waals surface area contributed by atoms with Crippen LogP contribution in [0.5, 0.6) is 0 Å². The highest BCUT2D eigenvalue weighted by Gasteiger charge is 2.27. The van der Waals surface area contributed by atoms with E-state index in [1.807, 2.05) is 53.5 Å². The number of hydrogen-bond acceptors (Lipinski definition) is 2. The number of allylic oxidation sites excluding steroid dienone is 1. The van der Waals surface area contributed by atoms with Crippen molar-refractivity contribution in [3.05, 3.63) is 118 Å². The normalized spacial score (nSPS) is 16.4. The Morgan fingerprint density at radius 3 is 2.26 bits per heavy atom. The number of anilines is 1. The lowest BCUT2D eigenvalue weighted by Crippen LogP contribution is -2.34. The van der Waals surface area contributed by atoms with Crippen molar-refractivity contribution in [2.24, 2.45) is 0 Å². The van der Waals surface area contributed by atoms with Gasteiger partial charge in [-0.3, -0.25) is 10.4 Å². The van der Waals surface area contributed by atoms with E-state index in [2.05, 4.69) is 47.9 Å². The van der Waals surface area contributed by atoms with E-state index >= 15 is 0 Å². The lowest BCUT2D eigenvalue weighted by Gasteiger charge is -2.28. The lowest BCUT2D eigenvalue weighted by atomic mass is 10.1. The first-order valence-electron chi connectivity index (χ1n) is 8.71. The van der Waals surface area contributed by atoms with Crippen molar-refractivity contribution in [1.82, 2.24) is 5.43 Å². The monoisotopic (exact) mass is 392 g/mol. The van der Waals surface area contributed by atoms with Crippen molar-refractivity contribution >= 4 is 35.0 Å². The molecule has 0 spiro atoms. The van der Waals surface area contributed by atoms with Gasteiger partial charge < -0.3 is 0 Å². The molecule has 4 heteroatoms. The molecule has 0 aromatic heterocycles. The molecule has 0 saturated heterocycles. The number of hydrogen-bond donors (Lipinski definition) is 1. The number of nitrogens with one attached hydrogen (secondary N) is 1. The van der Waals surface area contributed by atoms with E-state index in [9.17, 15) is 0 Å². The molecule has 27 heavy (non-hydrogen) atoms. The zero-order valence-corrected chi connectivity index (χ0v) is 16.0. The summed E-state index contributed by atoms with van der Waals surface area (Å²) in [6, 6.07) is 26.0. The maximum absolute atomic E-state index is 6.47. The Labute approximate surface area is 169 Å². The van der Waals surface area contributed by atoms with Gasteiger partial charge in [-0.1, -0.05) is 89.9 Å². The molecule has 0 amide bonds. The van der Waals surface area contributed by atoms with E-state index in [0.717, 1.165) is 16.9 Å². The minimum atomic E-state index is 0.0117. The van der Waals surface area contributed by atoms with Gasteiger partial charge >= 0.3 is 0 Å². The van der Waals surface area contributed by atoms with Crippen LogP contribution in [0.25, 0.3) is 6.08 Å². The van der Waals surface area contributed by atoms with Crippen molar-refractivity contribution in [1.29, 1.82) is 0 Å². The van der Waals surface area contributed by atoms with Crippen molar-refractivity contribution in [3.8, 4) is 0 Å². The summed E-state index contributed by atoms with van der Waals surface area (Å²) in [7, 11) is 0. The molecule has 1 heterocycles. The summed E-state index contributed by atoms with van der Waals surface area (Å²) in [6.07, 6.45) is 6.35. The van der Waals surface area contributed by atoms with Crippen LogP contribution in [0.2, 0.25) is 10.0 Å². The highest BCUT2D eigenvalue weighted by atomic mass is 35.5. The van der Waals surface area contributed by atoms with Gasteiger partial charge in [0, 0.05) is 5.02 Å². The summed E-state index contributed by atoms with van der Waals surface area (Å²) in [5.74, 6) is 0. The van der Waals surface area contributed by atoms with E-state index in [1.165, 1.54) is 5.56 Å². The second-order valence-corrected chi connectivity index (χ2v) is 7.14. The van der Waals surface area contributed by atoms with Gasteiger partial charge in [-0.2, -0.15) is 0 Å². The predicted octanol–water partition coefficient (Wildman–Crippen LogP) is 6.66. The molecule has 3 aromatic carbocycles. The molecule has 2 nitrogen and oxygen atoms in total. The minimum absolute atomic E-state index is 0.0117. The number of nitrogens with zero attached hydrogens (tertiary/aromatic N) is 1. The summed E-state index contributed by atoms with van der Waals surface area (Å²) >= 11 is 12.7. The Morgan fingerprint density at radius 2 is 1.52 bits per heavy atom. The first-order chi connectivity index (χ1) is 13.2. The molecule has 1 aliphatic heterocycles. The van der Waals surface area contributed by atoms with Crippen LogP contribution in [0.1, 0.15) is 17.2 Å². The van der Waals surface area contributed by atoms with Gasteiger partial charge in [-0.25, -0.2) is 0 Å². The molecule has 1 N–H and O–H groups in total. The molecule has 0 saturated carbocycles. The average Bonchev–Trinajstić information content (AvgIpc) is 3.14. The molecule has 0 bridgehead atoms. The average molecular weight is 393 g/mol. The topological polar surface area (TPSA) is 15.3 Å². The second kappa shape index (κ2) is 7.91. The van der Waals surface area contributed by atoms with Crippen molar-refractivity contribution in [2.45, 2.75) is 6.04 Å². The molecule has 0 fully saturated rings. The van der Waals surface area contributed by atoms with Gasteiger partial charge in [-0.15, -0.1) is 0 Å². The van der Waals surface area contributed by atoms with Gasteiger partial charge in [0.1, 0.15) is 0 Å². The molecule has 1 aliphatic rings. The molecule has 1 atom stereocenters. The number of rotatable bonds is 4. The van der Waals surface area contributed by atoms with E-state index in [-0.39, 0.29) is 6.04 Å². The summed E-state index contributed by atoms with van der Waals surface area (Å²) < 4.78 is 0. The summed E-state index contributed by atoms with van der Waals surface area (Å²) in [6.45, 7) is 0. The molecule has 0 aliphatic carbocycles. The van der Waals surface area contributed by atoms with Gasteiger partial charge in [0.15, 0.2) is 0 Å². The van der Waals surface area contributed by atoms with Crippen LogP contribution in [0, 0.1) is 0 Å². The highest BCUT2D eigenvalue weighted by molar-refractivity contribution is 6.35. The first kappa shape index (κ1) is 17.7. The zero-order valence-electron chi connectivity index (χ0n) is 14.5. The fourth-order valence-electron chi connectivity index (χ4n) is 3.11. The van der Waals surface area contributed by atoms with Crippen LogP contribution in [0.4, 0.5) is 5.69 Å². The highest BCUT2D eigenvalue weighted by Crippen LogP contribution is 2.37. The third kappa shape index (κ3) is 4.02. The van der Waals surface area contributed by atoms with Crippen LogP contribution in [0.3, 0.4) is 0 Å². The number of hydrazine groups is 1. The van der Waals surface area contributed by atoms with Gasteiger partial charge in [0.05, 0.1) is 22.4 Å². The summed E-state index contributed by atoms with van der Waals surface area (Å²) in [4.78, 5) is 0. The van der Waals surface area contributed by atoms with E-state index in [0.29, 0.717) is 10.0 Å². The Kier molecular flexibility index (Phi) is 5.19. The fourth-order valence-corrected chi connectivity index (χ4v) is 3.48. The van der Waals surface area contributed by atoms with Crippen molar-refractivity contribution in [2.75, 3.05) is 5.01 Å². The smallest absolute Gasteiger partial charge is 0.0958 e. The van der Waals surface area contributed by atoms with Crippen LogP contribution < -0.4 is 10.4 Å². The Balaban J connectivity index is 1.69. The van der Waals surface area contributed by atoms with Crippen LogP contribution in [-0.4, -0.2) is 0 Å². The number of benzene rings is 3. The van der Waals surface area contributed by atoms with Crippen LogP contribution in [-0.2, 0) is 0 Å². The minimum Gasteiger partial charge on any atom is -0.298 e. The fraction of sp³-hybridized carbons (Fsp3) is 0.0435. The molecular weight excluding hydrogens is 375 g/mol. The summed E-state index contributed by atoms with van der Waals surface area (Å²) in [5.41, 5.74) is 7.63. The van der Waals surface area contributed by atoms with E-state index in [1.54, 1.807) is 6.07 Å². The number of halogens is 2. The van der Waals surface area contributed by atoms with Crippen molar-refractivity contribution in [3.63, 3.8) is 0 Å². The lowest BCUT2D eigenvalue weighted by molar-refractivity contribution is 0.710. The van der Waals surface area contributed by atoms with Gasteiger partial charge in [0.25, 0.3) is 0 Å². The van der Waals surface area contributed by atoms with Gasteiger partial charge in [-0.05, 0) is 41.5 Å². The third-order valence-electron chi connectivity index (χ3n) is 4.43. The molecule has 3 aromatic rings. The molecule has 134 valence electrons. The standard InChI is InChI=1S/C23H18Cl2N2/c24-19-12-14-21(25)23(15-19)27-22(18-9-5-2-6-10-18)16-20(26-27)13-11-17-7-3-1-4-8-17/h1-16,22,26H.